The minimum absolute atomic E-state index is 0.0484. The van der Waals surface area contributed by atoms with Gasteiger partial charge >= 0.3 is 0 Å². The predicted octanol–water partition coefficient (Wildman–Crippen LogP) is 3.41. The van der Waals surface area contributed by atoms with Crippen molar-refractivity contribution < 1.29 is 4.79 Å². The molecule has 4 heteroatoms. The first-order valence-corrected chi connectivity index (χ1v) is 6.49. The number of thioether (sulfide) groups is 1. The van der Waals surface area contributed by atoms with Gasteiger partial charge in [-0.3, -0.25) is 4.79 Å². The van der Waals surface area contributed by atoms with Gasteiger partial charge in [-0.2, -0.15) is 0 Å². The topological polar surface area (TPSA) is 44.9 Å². The highest BCUT2D eigenvalue weighted by Crippen LogP contribution is 2.38. The number of nitrogens with one attached hydrogen (secondary N) is 2. The Balaban J connectivity index is 1.97. The van der Waals surface area contributed by atoms with E-state index in [9.17, 15) is 4.79 Å². The maximum absolute atomic E-state index is 12.0. The SMILES string of the molecule is Cc1ccc2c(c1)NC(=O)/C(=C/c1ccc[nH]1)S2. The standard InChI is InChI=1S/C14H12N2OS/c1-9-4-5-12-11(7-9)16-14(17)13(18-12)8-10-3-2-6-15-10/h2-8,15H,1H3,(H,16,17)/b13-8-. The maximum Gasteiger partial charge on any atom is 0.262 e. The van der Waals surface area contributed by atoms with Crippen molar-refractivity contribution in [1.82, 2.24) is 4.98 Å². The number of anilines is 1. The van der Waals surface area contributed by atoms with Crippen molar-refractivity contribution >= 4 is 29.4 Å². The Morgan fingerprint density at radius 2 is 2.17 bits per heavy atom. The normalized spacial score (nSPS) is 16.5. The van der Waals surface area contributed by atoms with Crippen LogP contribution in [-0.4, -0.2) is 10.9 Å². The van der Waals surface area contributed by atoms with Crippen LogP contribution in [0, 0.1) is 6.92 Å². The fraction of sp³-hybridized carbons (Fsp3) is 0.0714. The predicted molar refractivity (Wildman–Crippen MR) is 74.4 cm³/mol. The zero-order chi connectivity index (χ0) is 12.5. The molecule has 0 unspecified atom stereocenters. The highest BCUT2D eigenvalue weighted by atomic mass is 32.2. The van der Waals surface area contributed by atoms with Gasteiger partial charge in [0.1, 0.15) is 0 Å². The first-order chi connectivity index (χ1) is 8.72. The number of benzene rings is 1. The molecule has 90 valence electrons. The van der Waals surface area contributed by atoms with Crippen LogP contribution in [0.15, 0.2) is 46.3 Å². The summed E-state index contributed by atoms with van der Waals surface area (Å²) in [5.74, 6) is -0.0484. The highest BCUT2D eigenvalue weighted by Gasteiger charge is 2.20. The van der Waals surface area contributed by atoms with Gasteiger partial charge < -0.3 is 10.3 Å². The number of hydrogen-bond acceptors (Lipinski definition) is 2. The number of aromatic nitrogens is 1. The Morgan fingerprint density at radius 1 is 1.28 bits per heavy atom. The molecule has 1 aliphatic heterocycles. The zero-order valence-corrected chi connectivity index (χ0v) is 10.7. The van der Waals surface area contributed by atoms with E-state index in [-0.39, 0.29) is 5.91 Å². The van der Waals surface area contributed by atoms with E-state index in [1.54, 1.807) is 0 Å². The molecule has 18 heavy (non-hydrogen) atoms. The number of amides is 1. The largest absolute Gasteiger partial charge is 0.362 e. The molecule has 1 aliphatic rings. The van der Waals surface area contributed by atoms with Crippen LogP contribution in [0.3, 0.4) is 0 Å². The molecular weight excluding hydrogens is 244 g/mol. The quantitative estimate of drug-likeness (QED) is 0.768. The summed E-state index contributed by atoms with van der Waals surface area (Å²) in [4.78, 5) is 16.8. The van der Waals surface area contributed by atoms with Gasteiger partial charge in [-0.1, -0.05) is 17.8 Å². The van der Waals surface area contributed by atoms with Gasteiger partial charge in [0.2, 0.25) is 0 Å². The molecule has 0 bridgehead atoms. The zero-order valence-electron chi connectivity index (χ0n) is 9.86. The third-order valence-electron chi connectivity index (χ3n) is 2.74. The van der Waals surface area contributed by atoms with Gasteiger partial charge in [0.15, 0.2) is 0 Å². The molecule has 1 aromatic heterocycles. The molecule has 2 aromatic rings. The van der Waals surface area contributed by atoms with Crippen molar-refractivity contribution in [3.05, 3.63) is 52.7 Å². The van der Waals surface area contributed by atoms with E-state index in [2.05, 4.69) is 16.4 Å². The molecule has 0 aliphatic carbocycles. The van der Waals surface area contributed by atoms with E-state index in [0.29, 0.717) is 4.91 Å². The van der Waals surface area contributed by atoms with Crippen LogP contribution in [0.25, 0.3) is 6.08 Å². The minimum atomic E-state index is -0.0484. The summed E-state index contributed by atoms with van der Waals surface area (Å²) in [5.41, 5.74) is 2.98. The van der Waals surface area contributed by atoms with Crippen molar-refractivity contribution in [3.63, 3.8) is 0 Å². The van der Waals surface area contributed by atoms with Gasteiger partial charge in [-0.25, -0.2) is 0 Å². The lowest BCUT2D eigenvalue weighted by Crippen LogP contribution is -2.17. The second kappa shape index (κ2) is 4.38. The summed E-state index contributed by atoms with van der Waals surface area (Å²) in [7, 11) is 0. The molecule has 1 amide bonds. The summed E-state index contributed by atoms with van der Waals surface area (Å²) < 4.78 is 0. The summed E-state index contributed by atoms with van der Waals surface area (Å²) in [6.45, 7) is 2.02. The molecule has 1 aromatic carbocycles. The van der Waals surface area contributed by atoms with Crippen LogP contribution in [0.1, 0.15) is 11.3 Å². The lowest BCUT2D eigenvalue weighted by atomic mass is 10.2. The number of H-pyrrole nitrogens is 1. The number of carbonyl (C=O) groups is 1. The second-order valence-corrected chi connectivity index (χ2v) is 5.27. The number of aromatic amines is 1. The Bertz CT molecular complexity index is 629. The second-order valence-electron chi connectivity index (χ2n) is 4.19. The van der Waals surface area contributed by atoms with Gasteiger partial charge in [0.25, 0.3) is 5.91 Å². The van der Waals surface area contributed by atoms with Crippen molar-refractivity contribution in [2.24, 2.45) is 0 Å². The maximum atomic E-state index is 12.0. The first-order valence-electron chi connectivity index (χ1n) is 5.67. The fourth-order valence-corrected chi connectivity index (χ4v) is 2.77. The smallest absolute Gasteiger partial charge is 0.262 e. The van der Waals surface area contributed by atoms with Crippen molar-refractivity contribution in [3.8, 4) is 0 Å². The molecular formula is C14H12N2OS. The molecule has 0 spiro atoms. The Morgan fingerprint density at radius 3 is 2.94 bits per heavy atom. The summed E-state index contributed by atoms with van der Waals surface area (Å²) in [6, 6.07) is 9.93. The molecule has 0 saturated carbocycles. The van der Waals surface area contributed by atoms with Crippen LogP contribution in [0.4, 0.5) is 5.69 Å². The van der Waals surface area contributed by atoms with Crippen LogP contribution >= 0.6 is 11.8 Å². The average molecular weight is 256 g/mol. The molecule has 3 rings (SSSR count). The molecule has 2 N–H and O–H groups in total. The van der Waals surface area contributed by atoms with Gasteiger partial charge in [-0.05, 0) is 42.8 Å². The number of fused-ring (bicyclic) bond motifs is 1. The number of hydrogen-bond donors (Lipinski definition) is 2. The van der Waals surface area contributed by atoms with E-state index in [4.69, 9.17) is 0 Å². The van der Waals surface area contributed by atoms with E-state index < -0.39 is 0 Å². The average Bonchev–Trinajstić information content (AvgIpc) is 2.83. The third-order valence-corrected chi connectivity index (χ3v) is 3.83. The van der Waals surface area contributed by atoms with Crippen molar-refractivity contribution in [2.75, 3.05) is 5.32 Å². The number of rotatable bonds is 1. The van der Waals surface area contributed by atoms with Crippen LogP contribution in [0.2, 0.25) is 0 Å². The van der Waals surface area contributed by atoms with Crippen LogP contribution in [-0.2, 0) is 4.79 Å². The number of aryl methyl sites for hydroxylation is 1. The molecule has 3 nitrogen and oxygen atoms in total. The van der Waals surface area contributed by atoms with Gasteiger partial charge in [0, 0.05) is 16.8 Å². The van der Waals surface area contributed by atoms with Crippen LogP contribution < -0.4 is 5.32 Å². The van der Waals surface area contributed by atoms with E-state index in [0.717, 1.165) is 21.8 Å². The fourth-order valence-electron chi connectivity index (χ4n) is 1.85. The van der Waals surface area contributed by atoms with Crippen molar-refractivity contribution in [2.45, 2.75) is 11.8 Å². The van der Waals surface area contributed by atoms with Crippen molar-refractivity contribution in [1.29, 1.82) is 0 Å². The highest BCUT2D eigenvalue weighted by molar-refractivity contribution is 8.04. The Hall–Kier alpha value is -1.94. The summed E-state index contributed by atoms with van der Waals surface area (Å²) in [6.07, 6.45) is 3.71. The molecule has 0 atom stereocenters. The van der Waals surface area contributed by atoms with Crippen LogP contribution in [0.5, 0.6) is 0 Å². The van der Waals surface area contributed by atoms with Gasteiger partial charge in [0.05, 0.1) is 10.6 Å². The molecule has 2 heterocycles. The third kappa shape index (κ3) is 2.07. The summed E-state index contributed by atoms with van der Waals surface area (Å²) in [5, 5.41) is 2.92. The molecule has 0 saturated heterocycles. The Labute approximate surface area is 109 Å². The molecule has 0 fully saturated rings. The number of carbonyl (C=O) groups excluding carboxylic acids is 1. The Kier molecular flexibility index (Phi) is 2.72. The molecule has 0 radical (unpaired) electrons. The summed E-state index contributed by atoms with van der Waals surface area (Å²) >= 11 is 1.50. The first kappa shape index (κ1) is 11.2. The van der Waals surface area contributed by atoms with E-state index in [1.165, 1.54) is 11.8 Å². The lowest BCUT2D eigenvalue weighted by molar-refractivity contribution is -0.112. The lowest BCUT2D eigenvalue weighted by Gasteiger charge is -2.18. The van der Waals surface area contributed by atoms with E-state index >= 15 is 0 Å². The van der Waals surface area contributed by atoms with Gasteiger partial charge in [-0.15, -0.1) is 0 Å². The van der Waals surface area contributed by atoms with E-state index in [1.807, 2.05) is 43.5 Å². The monoisotopic (exact) mass is 256 g/mol. The minimum Gasteiger partial charge on any atom is -0.362 e.